The molecule has 2 aliphatic heterocycles. The second kappa shape index (κ2) is 7.88. The summed E-state index contributed by atoms with van der Waals surface area (Å²) in [6.45, 7) is 0.978. The fourth-order valence-corrected chi connectivity index (χ4v) is 4.89. The first-order valence-electron chi connectivity index (χ1n) is 9.27. The molecule has 0 bridgehead atoms. The quantitative estimate of drug-likeness (QED) is 0.299. The van der Waals surface area contributed by atoms with E-state index in [1.165, 1.54) is 52.9 Å². The second-order valence-corrected chi connectivity index (χ2v) is 8.79. The number of ether oxygens (including phenoxy) is 2. The van der Waals surface area contributed by atoms with E-state index < -0.39 is 20.7 Å². The van der Waals surface area contributed by atoms with Crippen LogP contribution < -0.4 is 9.47 Å². The maximum absolute atomic E-state index is 12.6. The number of nitrogens with zero attached hydrogens (tertiary/aromatic N) is 2. The van der Waals surface area contributed by atoms with E-state index in [4.69, 9.17) is 9.47 Å². The minimum atomic E-state index is -3.55. The molecule has 1 saturated heterocycles. The molecule has 2 aromatic rings. The number of fused-ring (bicyclic) bond motifs is 1. The monoisotopic (exact) mass is 430 g/mol. The zero-order valence-electron chi connectivity index (χ0n) is 15.8. The highest BCUT2D eigenvalue weighted by Crippen LogP contribution is 2.38. The first kappa shape index (κ1) is 20.0. The predicted molar refractivity (Wildman–Crippen MR) is 107 cm³/mol. The van der Waals surface area contributed by atoms with Gasteiger partial charge in [-0.3, -0.25) is 14.9 Å². The van der Waals surface area contributed by atoms with E-state index in [-0.39, 0.29) is 34.3 Å². The van der Waals surface area contributed by atoms with Crippen LogP contribution in [-0.4, -0.2) is 43.3 Å². The zero-order valence-corrected chi connectivity index (χ0v) is 16.6. The molecule has 10 heteroatoms. The molecule has 2 aromatic carbocycles. The Morgan fingerprint density at radius 1 is 1.07 bits per heavy atom. The van der Waals surface area contributed by atoms with E-state index in [0.717, 1.165) is 12.8 Å². The summed E-state index contributed by atoms with van der Waals surface area (Å²) in [7, 11) is -3.55. The van der Waals surface area contributed by atoms with Gasteiger partial charge in [-0.05, 0) is 55.3 Å². The normalized spacial score (nSPS) is 16.3. The molecule has 2 aliphatic rings. The number of carbonyl (C=O) groups excluding carboxylic acids is 1. The van der Waals surface area contributed by atoms with Crippen LogP contribution in [0.25, 0.3) is 6.08 Å². The lowest BCUT2D eigenvalue weighted by Crippen LogP contribution is -2.27. The van der Waals surface area contributed by atoms with Gasteiger partial charge in [0.25, 0.3) is 5.69 Å². The summed E-state index contributed by atoms with van der Waals surface area (Å²) in [5.74, 6) is 0.233. The molecule has 9 nitrogen and oxygen atoms in total. The number of hydrogen-bond donors (Lipinski definition) is 0. The number of ketones is 1. The maximum atomic E-state index is 12.6. The molecule has 0 amide bonds. The number of carbonyl (C=O) groups is 1. The first-order chi connectivity index (χ1) is 14.4. The van der Waals surface area contributed by atoms with Crippen LogP contribution in [0.5, 0.6) is 11.5 Å². The van der Waals surface area contributed by atoms with Gasteiger partial charge >= 0.3 is 0 Å². The van der Waals surface area contributed by atoms with Crippen molar-refractivity contribution in [3.05, 3.63) is 63.7 Å². The van der Waals surface area contributed by atoms with E-state index in [1.807, 2.05) is 0 Å². The molecule has 0 N–H and O–H groups in total. The van der Waals surface area contributed by atoms with Gasteiger partial charge in [-0.2, -0.15) is 4.31 Å². The lowest BCUT2D eigenvalue weighted by Gasteiger charge is -2.15. The standard InChI is InChI=1S/C20H18N2O7S/c23-18(8-5-15-11-19-20(29-13-28-19)12-17(15)22(24)25)14-3-6-16(7-4-14)30(26,27)21-9-1-2-10-21/h3-8,11-12H,1-2,9-10,13H2/b8-5+. The summed E-state index contributed by atoms with van der Waals surface area (Å²) in [6, 6.07) is 8.36. The molecule has 0 atom stereocenters. The van der Waals surface area contributed by atoms with Crippen molar-refractivity contribution in [2.75, 3.05) is 19.9 Å². The number of hydrogen-bond acceptors (Lipinski definition) is 7. The lowest BCUT2D eigenvalue weighted by molar-refractivity contribution is -0.385. The van der Waals surface area contributed by atoms with E-state index in [2.05, 4.69) is 0 Å². The van der Waals surface area contributed by atoms with E-state index >= 15 is 0 Å². The van der Waals surface area contributed by atoms with Crippen LogP contribution in [0.2, 0.25) is 0 Å². The van der Waals surface area contributed by atoms with Gasteiger partial charge in [-0.1, -0.05) is 0 Å². The summed E-state index contributed by atoms with van der Waals surface area (Å²) in [4.78, 5) is 23.4. The van der Waals surface area contributed by atoms with Gasteiger partial charge in [0.05, 0.1) is 21.4 Å². The number of allylic oxidation sites excluding steroid dienone is 1. The van der Waals surface area contributed by atoms with Gasteiger partial charge in [-0.25, -0.2) is 8.42 Å². The SMILES string of the molecule is O=C(/C=C/c1cc2c(cc1[N+](=O)[O-])OCO2)c1ccc(S(=O)(=O)N2CCCC2)cc1. The Hall–Kier alpha value is -3.24. The number of rotatable bonds is 6. The molecule has 1 fully saturated rings. The van der Waals surface area contributed by atoms with Crippen LogP contribution in [0.4, 0.5) is 5.69 Å². The third kappa shape index (κ3) is 3.79. The van der Waals surface area contributed by atoms with Crippen molar-refractivity contribution >= 4 is 27.6 Å². The Bertz CT molecular complexity index is 1130. The van der Waals surface area contributed by atoms with Gasteiger partial charge in [0.15, 0.2) is 17.3 Å². The molecule has 0 aromatic heterocycles. The van der Waals surface area contributed by atoms with Crippen molar-refractivity contribution in [1.29, 1.82) is 0 Å². The van der Waals surface area contributed by atoms with Crippen molar-refractivity contribution < 1.29 is 27.6 Å². The molecule has 0 spiro atoms. The Morgan fingerprint density at radius 2 is 1.70 bits per heavy atom. The molecule has 156 valence electrons. The topological polar surface area (TPSA) is 116 Å². The molecule has 4 rings (SSSR count). The largest absolute Gasteiger partial charge is 0.454 e. The van der Waals surface area contributed by atoms with Crippen molar-refractivity contribution in [1.82, 2.24) is 4.31 Å². The highest BCUT2D eigenvalue weighted by Gasteiger charge is 2.27. The highest BCUT2D eigenvalue weighted by molar-refractivity contribution is 7.89. The summed E-state index contributed by atoms with van der Waals surface area (Å²) < 4.78 is 36.9. The Balaban J connectivity index is 1.55. The molecule has 0 saturated carbocycles. The van der Waals surface area contributed by atoms with Gasteiger partial charge in [0.2, 0.25) is 16.8 Å². The fraction of sp³-hybridized carbons (Fsp3) is 0.250. The molecule has 30 heavy (non-hydrogen) atoms. The second-order valence-electron chi connectivity index (χ2n) is 6.85. The predicted octanol–water partition coefficient (Wildman–Crippen LogP) is 3.00. The van der Waals surface area contributed by atoms with Gasteiger partial charge in [0.1, 0.15) is 0 Å². The van der Waals surface area contributed by atoms with Crippen LogP contribution in [-0.2, 0) is 10.0 Å². The maximum Gasteiger partial charge on any atom is 0.280 e. The van der Waals surface area contributed by atoms with E-state index in [1.54, 1.807) is 0 Å². The van der Waals surface area contributed by atoms with Crippen LogP contribution in [0.15, 0.2) is 47.4 Å². The highest BCUT2D eigenvalue weighted by atomic mass is 32.2. The van der Waals surface area contributed by atoms with Gasteiger partial charge < -0.3 is 9.47 Å². The smallest absolute Gasteiger partial charge is 0.280 e. The average Bonchev–Trinajstić information content (AvgIpc) is 3.43. The van der Waals surface area contributed by atoms with Crippen LogP contribution in [0.3, 0.4) is 0 Å². The summed E-state index contributed by atoms with van der Waals surface area (Å²) in [6.07, 6.45) is 4.21. The van der Waals surface area contributed by atoms with Crippen molar-refractivity contribution in [2.45, 2.75) is 17.7 Å². The van der Waals surface area contributed by atoms with Crippen LogP contribution in [0, 0.1) is 10.1 Å². The number of sulfonamides is 1. The minimum Gasteiger partial charge on any atom is -0.454 e. The fourth-order valence-electron chi connectivity index (χ4n) is 3.37. The van der Waals surface area contributed by atoms with Crippen LogP contribution >= 0.6 is 0 Å². The lowest BCUT2D eigenvalue weighted by atomic mass is 10.1. The Morgan fingerprint density at radius 3 is 2.33 bits per heavy atom. The zero-order chi connectivity index (χ0) is 21.3. The Kier molecular flexibility index (Phi) is 5.27. The third-order valence-corrected chi connectivity index (χ3v) is 6.89. The third-order valence-electron chi connectivity index (χ3n) is 4.97. The Labute approximate surface area is 172 Å². The minimum absolute atomic E-state index is 0.0225. The number of benzene rings is 2. The summed E-state index contributed by atoms with van der Waals surface area (Å²) in [5.41, 5.74) is 0.260. The molecule has 0 unspecified atom stereocenters. The first-order valence-corrected chi connectivity index (χ1v) is 10.7. The molecular weight excluding hydrogens is 412 g/mol. The summed E-state index contributed by atoms with van der Waals surface area (Å²) in [5, 5.41) is 11.3. The van der Waals surface area contributed by atoms with Crippen LogP contribution in [0.1, 0.15) is 28.8 Å². The average molecular weight is 430 g/mol. The van der Waals surface area contributed by atoms with E-state index in [0.29, 0.717) is 18.8 Å². The molecular formula is C20H18N2O7S. The van der Waals surface area contributed by atoms with Crippen molar-refractivity contribution in [3.63, 3.8) is 0 Å². The summed E-state index contributed by atoms with van der Waals surface area (Å²) >= 11 is 0. The van der Waals surface area contributed by atoms with Crippen molar-refractivity contribution in [2.24, 2.45) is 0 Å². The number of nitro benzene ring substituents is 1. The van der Waals surface area contributed by atoms with Crippen molar-refractivity contribution in [3.8, 4) is 11.5 Å². The molecule has 0 aliphatic carbocycles. The molecule has 0 radical (unpaired) electrons. The molecule has 2 heterocycles. The van der Waals surface area contributed by atoms with Gasteiger partial charge in [-0.15, -0.1) is 0 Å². The van der Waals surface area contributed by atoms with Gasteiger partial charge in [0, 0.05) is 18.7 Å². The van der Waals surface area contributed by atoms with E-state index in [9.17, 15) is 23.3 Å². The number of nitro groups is 1.